The lowest BCUT2D eigenvalue weighted by molar-refractivity contribution is 0.380. The Bertz CT molecular complexity index is 407. The quantitative estimate of drug-likeness (QED) is 0.639. The first-order valence-corrected chi connectivity index (χ1v) is 6.91. The van der Waals surface area contributed by atoms with Crippen LogP contribution in [0.4, 0.5) is 0 Å². The molecule has 0 saturated heterocycles. The number of nitrogens with zero attached hydrogens (tertiary/aromatic N) is 2. The predicted molar refractivity (Wildman–Crippen MR) is 72.6 cm³/mol. The highest BCUT2D eigenvalue weighted by molar-refractivity contribution is 7.11. The maximum absolute atomic E-state index is 4.42. The van der Waals surface area contributed by atoms with E-state index in [2.05, 4.69) is 27.5 Å². The Hall–Kier alpha value is -1.10. The number of aryl methyl sites for hydroxylation is 2. The van der Waals surface area contributed by atoms with Crippen LogP contribution < -0.4 is 10.6 Å². The third-order valence-electron chi connectivity index (χ3n) is 3.09. The van der Waals surface area contributed by atoms with Crippen LogP contribution in [0.1, 0.15) is 34.8 Å². The summed E-state index contributed by atoms with van der Waals surface area (Å²) in [6.07, 6.45) is 3.86. The Kier molecular flexibility index (Phi) is 3.99. The third-order valence-corrected chi connectivity index (χ3v) is 4.16. The van der Waals surface area contributed by atoms with Crippen LogP contribution in [-0.2, 0) is 6.54 Å². The summed E-state index contributed by atoms with van der Waals surface area (Å²) >= 11 is 1.75. The molecule has 17 heavy (non-hydrogen) atoms. The van der Waals surface area contributed by atoms with Crippen LogP contribution in [0.25, 0.3) is 0 Å². The van der Waals surface area contributed by atoms with Gasteiger partial charge in [0.25, 0.3) is 0 Å². The minimum Gasteiger partial charge on any atom is -0.354 e. The Morgan fingerprint density at radius 2 is 2.24 bits per heavy atom. The van der Waals surface area contributed by atoms with E-state index in [-0.39, 0.29) is 0 Å². The molecular weight excluding hydrogens is 232 g/mol. The summed E-state index contributed by atoms with van der Waals surface area (Å²) in [4.78, 5) is 9.95. The number of nitrogens with one attached hydrogen (secondary N) is 2. The molecule has 0 aromatic carbocycles. The third kappa shape index (κ3) is 3.19. The molecule has 1 heterocycles. The lowest BCUT2D eigenvalue weighted by atomic mass is 9.93. The van der Waals surface area contributed by atoms with Crippen LogP contribution in [0.15, 0.2) is 4.99 Å². The summed E-state index contributed by atoms with van der Waals surface area (Å²) in [6.45, 7) is 4.91. The number of hydrogen-bond donors (Lipinski definition) is 2. The molecule has 0 unspecified atom stereocenters. The van der Waals surface area contributed by atoms with Crippen molar-refractivity contribution in [2.45, 2.75) is 45.7 Å². The van der Waals surface area contributed by atoms with Gasteiger partial charge in [-0.15, -0.1) is 11.3 Å². The lowest BCUT2D eigenvalue weighted by Crippen LogP contribution is -2.45. The van der Waals surface area contributed by atoms with Gasteiger partial charge >= 0.3 is 0 Å². The highest BCUT2D eigenvalue weighted by atomic mass is 32.1. The first-order chi connectivity index (χ1) is 8.19. The fourth-order valence-corrected chi connectivity index (χ4v) is 2.72. The van der Waals surface area contributed by atoms with Gasteiger partial charge in [-0.3, -0.25) is 4.99 Å². The van der Waals surface area contributed by atoms with Gasteiger partial charge in [0, 0.05) is 18.0 Å². The van der Waals surface area contributed by atoms with E-state index in [0.29, 0.717) is 6.04 Å². The summed E-state index contributed by atoms with van der Waals surface area (Å²) in [5.74, 6) is 0.903. The van der Waals surface area contributed by atoms with Crippen molar-refractivity contribution in [1.29, 1.82) is 0 Å². The topological polar surface area (TPSA) is 49.3 Å². The molecule has 0 spiro atoms. The maximum atomic E-state index is 4.42. The van der Waals surface area contributed by atoms with Gasteiger partial charge in [0.2, 0.25) is 0 Å². The average molecular weight is 252 g/mol. The number of rotatable bonds is 3. The lowest BCUT2D eigenvalue weighted by Gasteiger charge is -2.28. The van der Waals surface area contributed by atoms with Gasteiger partial charge in [0.15, 0.2) is 5.96 Å². The monoisotopic (exact) mass is 252 g/mol. The van der Waals surface area contributed by atoms with Crippen molar-refractivity contribution in [3.8, 4) is 0 Å². The second-order valence-electron chi connectivity index (χ2n) is 4.44. The largest absolute Gasteiger partial charge is 0.354 e. The van der Waals surface area contributed by atoms with E-state index < -0.39 is 0 Å². The normalized spacial score (nSPS) is 16.8. The van der Waals surface area contributed by atoms with Gasteiger partial charge in [0.1, 0.15) is 0 Å². The van der Waals surface area contributed by atoms with E-state index >= 15 is 0 Å². The molecule has 1 saturated carbocycles. The number of aliphatic imine (C=N–C) groups is 1. The first-order valence-electron chi connectivity index (χ1n) is 6.09. The number of thiazole rings is 1. The molecule has 0 bridgehead atoms. The van der Waals surface area contributed by atoms with E-state index in [1.54, 1.807) is 11.3 Å². The second kappa shape index (κ2) is 5.49. The molecule has 0 amide bonds. The summed E-state index contributed by atoms with van der Waals surface area (Å²) in [6, 6.07) is 0.616. The molecule has 1 aliphatic rings. The van der Waals surface area contributed by atoms with Gasteiger partial charge in [-0.1, -0.05) is 0 Å². The minimum absolute atomic E-state index is 0.616. The molecule has 1 aromatic rings. The van der Waals surface area contributed by atoms with Crippen LogP contribution in [0, 0.1) is 13.8 Å². The molecule has 0 atom stereocenters. The molecule has 0 aliphatic heterocycles. The van der Waals surface area contributed by atoms with Crippen LogP contribution in [0.3, 0.4) is 0 Å². The SMILES string of the molecule is CN=C(NCc1sc(C)nc1C)NC1CCC1. The van der Waals surface area contributed by atoms with Crippen molar-refractivity contribution in [3.63, 3.8) is 0 Å². The zero-order valence-corrected chi connectivity index (χ0v) is 11.5. The van der Waals surface area contributed by atoms with Crippen LogP contribution in [0.2, 0.25) is 0 Å². The Morgan fingerprint density at radius 1 is 1.47 bits per heavy atom. The summed E-state index contributed by atoms with van der Waals surface area (Å²) < 4.78 is 0. The van der Waals surface area contributed by atoms with Crippen molar-refractivity contribution < 1.29 is 0 Å². The molecular formula is C12H20N4S. The van der Waals surface area contributed by atoms with Gasteiger partial charge in [0.05, 0.1) is 17.2 Å². The molecule has 2 rings (SSSR count). The average Bonchev–Trinajstić information content (AvgIpc) is 2.55. The molecule has 0 radical (unpaired) electrons. The number of guanidine groups is 1. The Morgan fingerprint density at radius 3 is 2.71 bits per heavy atom. The van der Waals surface area contributed by atoms with Crippen molar-refractivity contribution in [1.82, 2.24) is 15.6 Å². The second-order valence-corrected chi connectivity index (χ2v) is 5.73. The van der Waals surface area contributed by atoms with Crippen LogP contribution in [0.5, 0.6) is 0 Å². The molecule has 1 aliphatic carbocycles. The molecule has 5 heteroatoms. The zero-order valence-electron chi connectivity index (χ0n) is 10.7. The predicted octanol–water partition coefficient (Wildman–Crippen LogP) is 1.98. The first kappa shape index (κ1) is 12.4. The van der Waals surface area contributed by atoms with E-state index in [0.717, 1.165) is 23.2 Å². The van der Waals surface area contributed by atoms with E-state index in [4.69, 9.17) is 0 Å². The fourth-order valence-electron chi connectivity index (χ4n) is 1.84. The molecule has 94 valence electrons. The van der Waals surface area contributed by atoms with Gasteiger partial charge in [-0.25, -0.2) is 4.98 Å². The fraction of sp³-hybridized carbons (Fsp3) is 0.667. The smallest absolute Gasteiger partial charge is 0.191 e. The molecule has 4 nitrogen and oxygen atoms in total. The van der Waals surface area contributed by atoms with Crippen LogP contribution in [-0.4, -0.2) is 24.0 Å². The highest BCUT2D eigenvalue weighted by Crippen LogP contribution is 2.18. The van der Waals surface area contributed by atoms with Crippen molar-refractivity contribution in [2.75, 3.05) is 7.05 Å². The number of hydrogen-bond acceptors (Lipinski definition) is 3. The highest BCUT2D eigenvalue weighted by Gasteiger charge is 2.18. The maximum Gasteiger partial charge on any atom is 0.191 e. The molecule has 1 fully saturated rings. The summed E-state index contributed by atoms with van der Waals surface area (Å²) in [5.41, 5.74) is 1.12. The summed E-state index contributed by atoms with van der Waals surface area (Å²) in [7, 11) is 1.82. The number of aromatic nitrogens is 1. The molecule has 2 N–H and O–H groups in total. The van der Waals surface area contributed by atoms with Crippen molar-refractivity contribution in [2.24, 2.45) is 4.99 Å². The summed E-state index contributed by atoms with van der Waals surface area (Å²) in [5, 5.41) is 7.90. The van der Waals surface area contributed by atoms with Crippen molar-refractivity contribution in [3.05, 3.63) is 15.6 Å². The molecule has 1 aromatic heterocycles. The van der Waals surface area contributed by atoms with Gasteiger partial charge in [-0.05, 0) is 33.1 Å². The van der Waals surface area contributed by atoms with Gasteiger partial charge < -0.3 is 10.6 Å². The van der Waals surface area contributed by atoms with Gasteiger partial charge in [-0.2, -0.15) is 0 Å². The van der Waals surface area contributed by atoms with E-state index in [1.807, 2.05) is 14.0 Å². The van der Waals surface area contributed by atoms with Crippen molar-refractivity contribution >= 4 is 17.3 Å². The zero-order chi connectivity index (χ0) is 12.3. The standard InChI is InChI=1S/C12H20N4S/c1-8-11(17-9(2)15-8)7-14-12(13-3)16-10-5-4-6-10/h10H,4-7H2,1-3H3,(H2,13,14,16). The minimum atomic E-state index is 0.616. The van der Waals surface area contributed by atoms with E-state index in [1.165, 1.54) is 24.1 Å². The Labute approximate surface area is 107 Å². The Balaban J connectivity index is 1.85. The van der Waals surface area contributed by atoms with Crippen LogP contribution >= 0.6 is 11.3 Å². The van der Waals surface area contributed by atoms with E-state index in [9.17, 15) is 0 Å².